The van der Waals surface area contributed by atoms with Crippen molar-refractivity contribution in [3.05, 3.63) is 71.5 Å². The summed E-state index contributed by atoms with van der Waals surface area (Å²) in [4.78, 5) is 28.3. The first-order valence-corrected chi connectivity index (χ1v) is 10.5. The number of aromatic nitrogens is 2. The molecule has 0 unspecified atom stereocenters. The molecule has 7 heteroatoms. The number of nitrogens with two attached hydrogens (primary N) is 1. The van der Waals surface area contributed by atoms with E-state index in [0.717, 1.165) is 41.3 Å². The van der Waals surface area contributed by atoms with Gasteiger partial charge in [0.25, 0.3) is 0 Å². The summed E-state index contributed by atoms with van der Waals surface area (Å²) < 4.78 is 1.77. The molecule has 2 amide bonds. The minimum atomic E-state index is -0.430. The molecule has 160 valence electrons. The number of anilines is 1. The Kier molecular flexibility index (Phi) is 5.75. The average Bonchev–Trinajstić information content (AvgIpc) is 3.10. The Balaban J connectivity index is 1.45. The third-order valence-corrected chi connectivity index (χ3v) is 5.75. The van der Waals surface area contributed by atoms with E-state index >= 15 is 0 Å². The fraction of sp³-hybridized carbons (Fsp3) is 0.292. The van der Waals surface area contributed by atoms with Gasteiger partial charge in [-0.3, -0.25) is 14.3 Å². The van der Waals surface area contributed by atoms with Crippen LogP contribution in [0.2, 0.25) is 0 Å². The van der Waals surface area contributed by atoms with Crippen LogP contribution in [0.3, 0.4) is 0 Å². The molecule has 2 aromatic carbocycles. The standard InChI is InChI=1S/C24H27N5O2/c1-17-15-18(2)29(26-17)16-23(30)28-13-11-27(12-14-28)22-6-4-3-5-21(22)19-7-9-20(10-8-19)24(25)31/h3-10,15H,11-14,16H2,1-2H3,(H2,25,31). The van der Waals surface area contributed by atoms with Crippen molar-refractivity contribution in [2.24, 2.45) is 5.73 Å². The summed E-state index contributed by atoms with van der Waals surface area (Å²) in [5.41, 5.74) is 11.0. The Bertz CT molecular complexity index is 1100. The largest absolute Gasteiger partial charge is 0.367 e. The van der Waals surface area contributed by atoms with Crippen molar-refractivity contribution in [1.29, 1.82) is 0 Å². The van der Waals surface area contributed by atoms with Crippen LogP contribution in [0.1, 0.15) is 21.7 Å². The third kappa shape index (κ3) is 4.45. The topological polar surface area (TPSA) is 84.5 Å². The quantitative estimate of drug-likeness (QED) is 0.692. The summed E-state index contributed by atoms with van der Waals surface area (Å²) in [5, 5.41) is 4.40. The first kappa shape index (κ1) is 20.7. The highest BCUT2D eigenvalue weighted by Gasteiger charge is 2.23. The minimum Gasteiger partial charge on any atom is -0.367 e. The van der Waals surface area contributed by atoms with Crippen molar-refractivity contribution in [2.45, 2.75) is 20.4 Å². The van der Waals surface area contributed by atoms with Crippen LogP contribution in [0.5, 0.6) is 0 Å². The van der Waals surface area contributed by atoms with Gasteiger partial charge in [0, 0.05) is 48.7 Å². The van der Waals surface area contributed by atoms with E-state index in [-0.39, 0.29) is 12.5 Å². The maximum Gasteiger partial charge on any atom is 0.248 e. The van der Waals surface area contributed by atoms with E-state index in [0.29, 0.717) is 18.7 Å². The summed E-state index contributed by atoms with van der Waals surface area (Å²) in [6, 6.07) is 17.6. The van der Waals surface area contributed by atoms with Crippen LogP contribution in [0.15, 0.2) is 54.6 Å². The molecule has 0 aliphatic carbocycles. The number of para-hydroxylation sites is 1. The SMILES string of the molecule is Cc1cc(C)n(CC(=O)N2CCN(c3ccccc3-c3ccc(C(N)=O)cc3)CC2)n1. The summed E-state index contributed by atoms with van der Waals surface area (Å²) in [6.07, 6.45) is 0. The number of hydrogen-bond donors (Lipinski definition) is 1. The lowest BCUT2D eigenvalue weighted by Gasteiger charge is -2.37. The lowest BCUT2D eigenvalue weighted by Crippen LogP contribution is -2.49. The van der Waals surface area contributed by atoms with Crippen LogP contribution in [0.4, 0.5) is 5.69 Å². The Morgan fingerprint density at radius 1 is 0.968 bits per heavy atom. The summed E-state index contributed by atoms with van der Waals surface area (Å²) in [5.74, 6) is -0.331. The molecule has 0 radical (unpaired) electrons. The highest BCUT2D eigenvalue weighted by atomic mass is 16.2. The van der Waals surface area contributed by atoms with Gasteiger partial charge >= 0.3 is 0 Å². The Morgan fingerprint density at radius 3 is 2.26 bits per heavy atom. The van der Waals surface area contributed by atoms with Gasteiger partial charge < -0.3 is 15.5 Å². The molecule has 2 heterocycles. The van der Waals surface area contributed by atoms with Gasteiger partial charge in [0.1, 0.15) is 6.54 Å². The lowest BCUT2D eigenvalue weighted by atomic mass is 10.0. The molecule has 1 fully saturated rings. The van der Waals surface area contributed by atoms with E-state index < -0.39 is 5.91 Å². The number of hydrogen-bond acceptors (Lipinski definition) is 4. The zero-order valence-corrected chi connectivity index (χ0v) is 17.9. The first-order valence-electron chi connectivity index (χ1n) is 10.5. The molecule has 0 bridgehead atoms. The third-order valence-electron chi connectivity index (χ3n) is 5.75. The van der Waals surface area contributed by atoms with E-state index in [4.69, 9.17) is 5.73 Å². The predicted octanol–water partition coefficient (Wildman–Crippen LogP) is 2.61. The van der Waals surface area contributed by atoms with Crippen molar-refractivity contribution < 1.29 is 9.59 Å². The number of aryl methyl sites for hydroxylation is 2. The Hall–Kier alpha value is -3.61. The number of rotatable bonds is 5. The van der Waals surface area contributed by atoms with Crippen LogP contribution in [-0.2, 0) is 11.3 Å². The number of carbonyl (C=O) groups is 2. The molecule has 4 rings (SSSR count). The van der Waals surface area contributed by atoms with Gasteiger partial charge in [-0.15, -0.1) is 0 Å². The number of piperazine rings is 1. The maximum atomic E-state index is 12.8. The van der Waals surface area contributed by atoms with Crippen molar-refractivity contribution in [3.8, 4) is 11.1 Å². The highest BCUT2D eigenvalue weighted by Crippen LogP contribution is 2.31. The normalized spacial score (nSPS) is 14.0. The predicted molar refractivity (Wildman–Crippen MR) is 121 cm³/mol. The van der Waals surface area contributed by atoms with Gasteiger partial charge in [-0.05, 0) is 43.7 Å². The molecule has 1 aliphatic rings. The Labute approximate surface area is 182 Å². The molecular formula is C24H27N5O2. The van der Waals surface area contributed by atoms with E-state index in [9.17, 15) is 9.59 Å². The highest BCUT2D eigenvalue weighted by molar-refractivity contribution is 5.93. The number of nitrogens with zero attached hydrogens (tertiary/aromatic N) is 4. The molecule has 2 N–H and O–H groups in total. The molecule has 1 aromatic heterocycles. The van der Waals surface area contributed by atoms with Crippen LogP contribution < -0.4 is 10.6 Å². The van der Waals surface area contributed by atoms with Gasteiger partial charge in [0.2, 0.25) is 11.8 Å². The number of primary amides is 1. The maximum absolute atomic E-state index is 12.8. The molecular weight excluding hydrogens is 390 g/mol. The van der Waals surface area contributed by atoms with Gasteiger partial charge in [-0.25, -0.2) is 0 Å². The van der Waals surface area contributed by atoms with E-state index in [1.165, 1.54) is 0 Å². The van der Waals surface area contributed by atoms with Crippen LogP contribution in [0.25, 0.3) is 11.1 Å². The number of benzene rings is 2. The summed E-state index contributed by atoms with van der Waals surface area (Å²) in [7, 11) is 0. The summed E-state index contributed by atoms with van der Waals surface area (Å²) in [6.45, 7) is 7.06. The van der Waals surface area contributed by atoms with Gasteiger partial charge in [0.05, 0.1) is 5.69 Å². The smallest absolute Gasteiger partial charge is 0.248 e. The second-order valence-corrected chi connectivity index (χ2v) is 7.91. The molecule has 0 spiro atoms. The molecule has 7 nitrogen and oxygen atoms in total. The molecule has 31 heavy (non-hydrogen) atoms. The van der Waals surface area contributed by atoms with Crippen LogP contribution in [0, 0.1) is 13.8 Å². The van der Waals surface area contributed by atoms with Crippen LogP contribution >= 0.6 is 0 Å². The molecule has 1 saturated heterocycles. The molecule has 3 aromatic rings. The lowest BCUT2D eigenvalue weighted by molar-refractivity contribution is -0.132. The van der Waals surface area contributed by atoms with Gasteiger partial charge in [0.15, 0.2) is 0 Å². The van der Waals surface area contributed by atoms with Crippen molar-refractivity contribution in [2.75, 3.05) is 31.1 Å². The van der Waals surface area contributed by atoms with Crippen LogP contribution in [-0.4, -0.2) is 52.7 Å². The van der Waals surface area contributed by atoms with Crippen molar-refractivity contribution in [3.63, 3.8) is 0 Å². The fourth-order valence-electron chi connectivity index (χ4n) is 4.07. The number of carbonyl (C=O) groups excluding carboxylic acids is 2. The van der Waals surface area contributed by atoms with Gasteiger partial charge in [-0.1, -0.05) is 30.3 Å². The second kappa shape index (κ2) is 8.63. The monoisotopic (exact) mass is 417 g/mol. The average molecular weight is 418 g/mol. The zero-order valence-electron chi connectivity index (χ0n) is 17.9. The van der Waals surface area contributed by atoms with Gasteiger partial charge in [-0.2, -0.15) is 5.10 Å². The van der Waals surface area contributed by atoms with E-state index in [1.807, 2.05) is 49.1 Å². The molecule has 1 aliphatic heterocycles. The van der Waals surface area contributed by atoms with E-state index in [1.54, 1.807) is 16.8 Å². The van der Waals surface area contributed by atoms with E-state index in [2.05, 4.69) is 22.1 Å². The number of amides is 2. The zero-order chi connectivity index (χ0) is 22.0. The summed E-state index contributed by atoms with van der Waals surface area (Å²) >= 11 is 0. The second-order valence-electron chi connectivity index (χ2n) is 7.91. The molecule has 0 saturated carbocycles. The minimum absolute atomic E-state index is 0.0983. The molecule has 0 atom stereocenters. The van der Waals surface area contributed by atoms with Crippen molar-refractivity contribution in [1.82, 2.24) is 14.7 Å². The Morgan fingerprint density at radius 2 is 1.65 bits per heavy atom. The first-order chi connectivity index (χ1) is 14.9. The van der Waals surface area contributed by atoms with Crippen molar-refractivity contribution >= 4 is 17.5 Å². The fourth-order valence-corrected chi connectivity index (χ4v) is 4.07.